The second-order valence-corrected chi connectivity index (χ2v) is 8.14. The zero-order chi connectivity index (χ0) is 23.8. The molecule has 0 unspecified atom stereocenters. The summed E-state index contributed by atoms with van der Waals surface area (Å²) in [6, 6.07) is 17.8. The van der Waals surface area contributed by atoms with Crippen LogP contribution in [0.3, 0.4) is 0 Å². The van der Waals surface area contributed by atoms with Crippen molar-refractivity contribution in [1.29, 1.82) is 5.26 Å². The summed E-state index contributed by atoms with van der Waals surface area (Å²) in [4.78, 5) is 27.3. The fourth-order valence-corrected chi connectivity index (χ4v) is 4.10. The summed E-state index contributed by atoms with van der Waals surface area (Å²) in [5, 5.41) is 10.2. The molecule has 2 aliphatic rings. The highest BCUT2D eigenvalue weighted by Crippen LogP contribution is 2.35. The van der Waals surface area contributed by atoms with Crippen molar-refractivity contribution in [2.24, 2.45) is 0 Å². The first-order valence-electron chi connectivity index (χ1n) is 10.4. The number of benzene rings is 2. The van der Waals surface area contributed by atoms with Crippen molar-refractivity contribution in [2.75, 3.05) is 6.79 Å². The average molecular weight is 473 g/mol. The molecule has 1 aromatic heterocycles. The van der Waals surface area contributed by atoms with Gasteiger partial charge < -0.3 is 13.9 Å². The van der Waals surface area contributed by atoms with Gasteiger partial charge in [-0.2, -0.15) is 5.26 Å². The monoisotopic (exact) mass is 472 g/mol. The van der Waals surface area contributed by atoms with Crippen LogP contribution in [0.4, 0.5) is 0 Å². The number of fused-ring (bicyclic) bond motifs is 1. The molecule has 0 N–H and O–H groups in total. The molecule has 0 radical (unpaired) electrons. The number of carbonyl (C=O) groups excluding carboxylic acids is 2. The summed E-state index contributed by atoms with van der Waals surface area (Å²) in [6.45, 7) is 1.68. The molecule has 8 heteroatoms. The van der Waals surface area contributed by atoms with Gasteiger partial charge in [0, 0.05) is 11.1 Å². The highest BCUT2D eigenvalue weighted by Gasteiger charge is 2.36. The van der Waals surface area contributed by atoms with Crippen LogP contribution < -0.4 is 9.47 Å². The molecule has 2 aromatic carbocycles. The number of hydrogen-bond acceptors (Lipinski definition) is 6. The van der Waals surface area contributed by atoms with Gasteiger partial charge in [0.2, 0.25) is 6.79 Å². The van der Waals surface area contributed by atoms with Crippen LogP contribution in [-0.2, 0) is 16.1 Å². The predicted molar refractivity (Wildman–Crippen MR) is 124 cm³/mol. The highest BCUT2D eigenvalue weighted by atomic mass is 35.5. The van der Waals surface area contributed by atoms with E-state index in [1.165, 1.54) is 6.08 Å². The smallest absolute Gasteiger partial charge is 0.271 e. The van der Waals surface area contributed by atoms with Crippen molar-refractivity contribution in [1.82, 2.24) is 4.90 Å². The van der Waals surface area contributed by atoms with Crippen LogP contribution in [0.2, 0.25) is 5.02 Å². The number of rotatable bonds is 4. The Morgan fingerprint density at radius 3 is 2.65 bits per heavy atom. The van der Waals surface area contributed by atoms with Gasteiger partial charge in [0.05, 0.1) is 11.6 Å². The number of halogens is 1. The quantitative estimate of drug-likeness (QED) is 0.386. The second kappa shape index (κ2) is 8.58. The Hall–Kier alpha value is -4.28. The van der Waals surface area contributed by atoms with E-state index < -0.39 is 11.8 Å². The number of furan rings is 1. The predicted octanol–water partition coefficient (Wildman–Crippen LogP) is 5.12. The van der Waals surface area contributed by atoms with Gasteiger partial charge in [0.15, 0.2) is 11.5 Å². The summed E-state index contributed by atoms with van der Waals surface area (Å²) in [6.07, 6.45) is 1.54. The van der Waals surface area contributed by atoms with Gasteiger partial charge in [-0.3, -0.25) is 14.5 Å². The van der Waals surface area contributed by atoms with Crippen molar-refractivity contribution >= 4 is 29.5 Å². The molecule has 3 aromatic rings. The molecule has 0 saturated carbocycles. The van der Waals surface area contributed by atoms with E-state index in [1.54, 1.807) is 43.3 Å². The van der Waals surface area contributed by atoms with Crippen LogP contribution in [0.5, 0.6) is 11.5 Å². The summed E-state index contributed by atoms with van der Waals surface area (Å²) in [7, 11) is 0. The van der Waals surface area contributed by atoms with Crippen molar-refractivity contribution in [3.05, 3.63) is 87.7 Å². The number of nitriles is 1. The topological polar surface area (TPSA) is 92.8 Å². The first-order valence-corrected chi connectivity index (χ1v) is 10.8. The van der Waals surface area contributed by atoms with Crippen molar-refractivity contribution in [3.8, 4) is 28.9 Å². The third-order valence-electron chi connectivity index (χ3n) is 5.66. The Labute approximate surface area is 200 Å². The van der Waals surface area contributed by atoms with Crippen LogP contribution in [0, 0.1) is 11.3 Å². The number of nitrogens with zero attached hydrogens (tertiary/aromatic N) is 2. The third kappa shape index (κ3) is 3.74. The van der Waals surface area contributed by atoms with E-state index in [-0.39, 0.29) is 24.5 Å². The van der Waals surface area contributed by atoms with Gasteiger partial charge in [-0.05, 0) is 60.5 Å². The zero-order valence-corrected chi connectivity index (χ0v) is 18.8. The van der Waals surface area contributed by atoms with Gasteiger partial charge >= 0.3 is 0 Å². The zero-order valence-electron chi connectivity index (χ0n) is 18.0. The Balaban J connectivity index is 1.50. The molecule has 2 amide bonds. The minimum atomic E-state index is -0.643. The first-order chi connectivity index (χ1) is 16.5. The van der Waals surface area contributed by atoms with Crippen LogP contribution >= 0.6 is 11.6 Å². The molecule has 3 heterocycles. The van der Waals surface area contributed by atoms with Crippen molar-refractivity contribution in [3.63, 3.8) is 0 Å². The molecule has 0 spiro atoms. The number of ether oxygens (including phenoxy) is 2. The van der Waals surface area contributed by atoms with Crippen LogP contribution in [0.1, 0.15) is 18.2 Å². The normalized spacial score (nSPS) is 16.4. The SMILES string of the molecule is CC1=C(C#N)C(=O)N(Cc2ccc3c(c2)OCO3)C(=O)/C1=C/c1ccc(-c2ccccc2Cl)o1. The van der Waals surface area contributed by atoms with E-state index in [0.717, 1.165) is 4.90 Å². The van der Waals surface area contributed by atoms with Gasteiger partial charge in [0.1, 0.15) is 23.2 Å². The number of carbonyl (C=O) groups is 2. The maximum atomic E-state index is 13.4. The number of imide groups is 1. The number of amides is 2. The lowest BCUT2D eigenvalue weighted by Crippen LogP contribution is -2.42. The molecule has 34 heavy (non-hydrogen) atoms. The lowest BCUT2D eigenvalue weighted by Gasteiger charge is -2.27. The van der Waals surface area contributed by atoms with Crippen molar-refractivity contribution < 1.29 is 23.5 Å². The molecule has 7 nitrogen and oxygen atoms in total. The highest BCUT2D eigenvalue weighted by molar-refractivity contribution is 6.33. The summed E-state index contributed by atoms with van der Waals surface area (Å²) in [5.41, 5.74) is 1.80. The van der Waals surface area contributed by atoms with E-state index in [9.17, 15) is 14.9 Å². The van der Waals surface area contributed by atoms with Crippen LogP contribution in [0.15, 0.2) is 75.7 Å². The number of hydrogen-bond donors (Lipinski definition) is 0. The minimum absolute atomic E-state index is 0.0207. The Morgan fingerprint density at radius 2 is 1.85 bits per heavy atom. The summed E-state index contributed by atoms with van der Waals surface area (Å²) in [5.74, 6) is 0.913. The lowest BCUT2D eigenvalue weighted by atomic mass is 9.94. The van der Waals surface area contributed by atoms with E-state index in [0.29, 0.717) is 44.7 Å². The molecule has 0 fully saturated rings. The Morgan fingerprint density at radius 1 is 1.06 bits per heavy atom. The maximum absolute atomic E-state index is 13.4. The standard InChI is InChI=1S/C26H17ClN2O5/c1-15-19(11-17-7-9-22(34-17)18-4-2-3-5-21(18)27)25(30)29(26(31)20(15)12-28)13-16-6-8-23-24(10-16)33-14-32-23/h2-11H,13-14H2,1H3/b19-11+. The van der Waals surface area contributed by atoms with Gasteiger partial charge in [0.25, 0.3) is 11.8 Å². The second-order valence-electron chi connectivity index (χ2n) is 7.74. The van der Waals surface area contributed by atoms with E-state index in [2.05, 4.69) is 0 Å². The first kappa shape index (κ1) is 21.6. The molecule has 2 aliphatic heterocycles. The molecule has 0 saturated heterocycles. The van der Waals surface area contributed by atoms with Crippen LogP contribution in [-0.4, -0.2) is 23.5 Å². The van der Waals surface area contributed by atoms with E-state index in [1.807, 2.05) is 24.3 Å². The largest absolute Gasteiger partial charge is 0.457 e. The molecule has 0 bridgehead atoms. The third-order valence-corrected chi connectivity index (χ3v) is 5.99. The molecular formula is C26H17ClN2O5. The summed E-state index contributed by atoms with van der Waals surface area (Å²) >= 11 is 6.26. The molecule has 0 aliphatic carbocycles. The molecule has 5 rings (SSSR count). The molecule has 0 atom stereocenters. The Kier molecular flexibility index (Phi) is 5.44. The fourth-order valence-electron chi connectivity index (χ4n) is 3.87. The fraction of sp³-hybridized carbons (Fsp3) is 0.115. The Bertz CT molecular complexity index is 1440. The average Bonchev–Trinajstić information content (AvgIpc) is 3.49. The molecule has 168 valence electrons. The van der Waals surface area contributed by atoms with Gasteiger partial charge in [-0.15, -0.1) is 0 Å². The van der Waals surface area contributed by atoms with Crippen molar-refractivity contribution in [2.45, 2.75) is 13.5 Å². The lowest BCUT2D eigenvalue weighted by molar-refractivity contribution is -0.141. The molecular weight excluding hydrogens is 456 g/mol. The maximum Gasteiger partial charge on any atom is 0.271 e. The van der Waals surface area contributed by atoms with E-state index in [4.69, 9.17) is 25.5 Å². The minimum Gasteiger partial charge on any atom is -0.457 e. The van der Waals surface area contributed by atoms with Crippen LogP contribution in [0.25, 0.3) is 17.4 Å². The van der Waals surface area contributed by atoms with Gasteiger partial charge in [-0.25, -0.2) is 0 Å². The summed E-state index contributed by atoms with van der Waals surface area (Å²) < 4.78 is 16.6. The van der Waals surface area contributed by atoms with E-state index >= 15 is 0 Å². The van der Waals surface area contributed by atoms with Gasteiger partial charge in [-0.1, -0.05) is 29.8 Å².